The summed E-state index contributed by atoms with van der Waals surface area (Å²) in [5.74, 6) is 0. The number of aryl methyl sites for hydroxylation is 1. The Labute approximate surface area is 105 Å². The SMILES string of the molecule is CCNC(c1cccc(CC)c1)C(C)OCC. The van der Waals surface area contributed by atoms with Crippen LogP contribution in [0.2, 0.25) is 0 Å². The van der Waals surface area contributed by atoms with Gasteiger partial charge < -0.3 is 10.1 Å². The summed E-state index contributed by atoms with van der Waals surface area (Å²) in [5.41, 5.74) is 2.71. The monoisotopic (exact) mass is 235 g/mol. The third-order valence-electron chi connectivity index (χ3n) is 3.04. The third kappa shape index (κ3) is 4.14. The van der Waals surface area contributed by atoms with Gasteiger partial charge in [-0.2, -0.15) is 0 Å². The Kier molecular flexibility index (Phi) is 6.23. The van der Waals surface area contributed by atoms with E-state index < -0.39 is 0 Å². The van der Waals surface area contributed by atoms with E-state index in [4.69, 9.17) is 4.74 Å². The molecule has 1 N–H and O–H groups in total. The van der Waals surface area contributed by atoms with E-state index in [0.29, 0.717) is 0 Å². The van der Waals surface area contributed by atoms with Gasteiger partial charge in [-0.25, -0.2) is 0 Å². The minimum absolute atomic E-state index is 0.201. The predicted octanol–water partition coefficient (Wildman–Crippen LogP) is 3.32. The fraction of sp³-hybridized carbons (Fsp3) is 0.600. The molecule has 0 amide bonds. The molecular formula is C15H25NO. The summed E-state index contributed by atoms with van der Waals surface area (Å²) in [7, 11) is 0. The van der Waals surface area contributed by atoms with Crippen LogP contribution in [0.15, 0.2) is 24.3 Å². The average Bonchev–Trinajstić information content (AvgIpc) is 2.36. The molecule has 2 heteroatoms. The summed E-state index contributed by atoms with van der Waals surface area (Å²) in [6, 6.07) is 9.06. The molecule has 2 unspecified atom stereocenters. The standard InChI is InChI=1S/C15H25NO/c1-5-13-9-8-10-14(11-13)15(16-6-2)12(4)17-7-3/h8-12,15-16H,5-7H2,1-4H3. The van der Waals surface area contributed by atoms with E-state index in [0.717, 1.165) is 19.6 Å². The highest BCUT2D eigenvalue weighted by molar-refractivity contribution is 5.26. The van der Waals surface area contributed by atoms with Gasteiger partial charge in [0.2, 0.25) is 0 Å². The molecule has 0 aliphatic rings. The first kappa shape index (κ1) is 14.2. The van der Waals surface area contributed by atoms with Gasteiger partial charge in [-0.05, 0) is 37.9 Å². The van der Waals surface area contributed by atoms with Crippen molar-refractivity contribution >= 4 is 0 Å². The largest absolute Gasteiger partial charge is 0.377 e. The molecule has 0 bridgehead atoms. The molecule has 0 radical (unpaired) electrons. The molecule has 0 saturated heterocycles. The highest BCUT2D eigenvalue weighted by Crippen LogP contribution is 2.20. The minimum Gasteiger partial charge on any atom is -0.377 e. The van der Waals surface area contributed by atoms with E-state index in [-0.39, 0.29) is 12.1 Å². The van der Waals surface area contributed by atoms with Gasteiger partial charge in [0.05, 0.1) is 12.1 Å². The highest BCUT2D eigenvalue weighted by atomic mass is 16.5. The second-order valence-electron chi connectivity index (χ2n) is 4.29. The molecule has 2 atom stereocenters. The number of ether oxygens (including phenoxy) is 1. The first-order chi connectivity index (χ1) is 8.22. The van der Waals surface area contributed by atoms with Gasteiger partial charge in [-0.1, -0.05) is 38.1 Å². The first-order valence-electron chi connectivity index (χ1n) is 6.66. The van der Waals surface area contributed by atoms with E-state index >= 15 is 0 Å². The van der Waals surface area contributed by atoms with Gasteiger partial charge in [0.15, 0.2) is 0 Å². The maximum atomic E-state index is 5.72. The van der Waals surface area contributed by atoms with E-state index in [9.17, 15) is 0 Å². The summed E-state index contributed by atoms with van der Waals surface area (Å²) >= 11 is 0. The van der Waals surface area contributed by atoms with E-state index in [2.05, 4.69) is 50.4 Å². The van der Waals surface area contributed by atoms with E-state index in [1.807, 2.05) is 6.92 Å². The third-order valence-corrected chi connectivity index (χ3v) is 3.04. The van der Waals surface area contributed by atoms with Gasteiger partial charge >= 0.3 is 0 Å². The van der Waals surface area contributed by atoms with Gasteiger partial charge in [0, 0.05) is 6.61 Å². The summed E-state index contributed by atoms with van der Waals surface area (Å²) < 4.78 is 5.72. The topological polar surface area (TPSA) is 21.3 Å². The molecule has 17 heavy (non-hydrogen) atoms. The molecule has 0 aliphatic heterocycles. The van der Waals surface area contributed by atoms with Crippen LogP contribution in [0.5, 0.6) is 0 Å². The number of benzene rings is 1. The van der Waals surface area contributed by atoms with E-state index in [1.54, 1.807) is 0 Å². The molecule has 0 aromatic heterocycles. The lowest BCUT2D eigenvalue weighted by molar-refractivity contribution is 0.0476. The highest BCUT2D eigenvalue weighted by Gasteiger charge is 2.18. The lowest BCUT2D eigenvalue weighted by atomic mass is 9.99. The van der Waals surface area contributed by atoms with Gasteiger partial charge in [-0.15, -0.1) is 0 Å². The second-order valence-corrected chi connectivity index (χ2v) is 4.29. The molecule has 0 fully saturated rings. The Bertz CT molecular complexity index is 324. The second kappa shape index (κ2) is 7.46. The Hall–Kier alpha value is -0.860. The first-order valence-corrected chi connectivity index (χ1v) is 6.66. The van der Waals surface area contributed by atoms with Crippen LogP contribution < -0.4 is 5.32 Å². The van der Waals surface area contributed by atoms with Crippen molar-refractivity contribution in [2.75, 3.05) is 13.2 Å². The minimum atomic E-state index is 0.201. The molecular weight excluding hydrogens is 210 g/mol. The lowest BCUT2D eigenvalue weighted by Crippen LogP contribution is -2.32. The molecule has 1 aromatic rings. The molecule has 1 aromatic carbocycles. The van der Waals surface area contributed by atoms with Crippen molar-refractivity contribution < 1.29 is 4.74 Å². The fourth-order valence-electron chi connectivity index (χ4n) is 2.14. The van der Waals surface area contributed by atoms with Crippen molar-refractivity contribution in [2.24, 2.45) is 0 Å². The van der Waals surface area contributed by atoms with Crippen molar-refractivity contribution in [3.8, 4) is 0 Å². The zero-order chi connectivity index (χ0) is 12.7. The molecule has 0 aliphatic carbocycles. The van der Waals surface area contributed by atoms with Crippen molar-refractivity contribution in [2.45, 2.75) is 46.3 Å². The average molecular weight is 235 g/mol. The fourth-order valence-corrected chi connectivity index (χ4v) is 2.14. The van der Waals surface area contributed by atoms with Crippen LogP contribution in [0, 0.1) is 0 Å². The maximum Gasteiger partial charge on any atom is 0.0741 e. The van der Waals surface area contributed by atoms with Crippen LogP contribution in [0.4, 0.5) is 0 Å². The summed E-state index contributed by atoms with van der Waals surface area (Å²) in [6.45, 7) is 10.2. The molecule has 96 valence electrons. The Morgan fingerprint density at radius 2 is 2.00 bits per heavy atom. The maximum absolute atomic E-state index is 5.72. The van der Waals surface area contributed by atoms with Crippen LogP contribution in [0.1, 0.15) is 44.9 Å². The Morgan fingerprint density at radius 1 is 1.24 bits per heavy atom. The molecule has 1 rings (SSSR count). The summed E-state index contributed by atoms with van der Waals surface area (Å²) in [6.07, 6.45) is 1.28. The number of hydrogen-bond donors (Lipinski definition) is 1. The van der Waals surface area contributed by atoms with Crippen LogP contribution in [0.3, 0.4) is 0 Å². The van der Waals surface area contributed by atoms with E-state index in [1.165, 1.54) is 11.1 Å². The normalized spacial score (nSPS) is 14.6. The van der Waals surface area contributed by atoms with Crippen LogP contribution in [-0.4, -0.2) is 19.3 Å². The molecule has 0 spiro atoms. The number of hydrogen-bond acceptors (Lipinski definition) is 2. The Balaban J connectivity index is 2.87. The molecule has 2 nitrogen and oxygen atoms in total. The smallest absolute Gasteiger partial charge is 0.0741 e. The number of likely N-dealkylation sites (N-methyl/N-ethyl adjacent to an activating group) is 1. The van der Waals surface area contributed by atoms with Crippen LogP contribution in [-0.2, 0) is 11.2 Å². The van der Waals surface area contributed by atoms with Crippen molar-refractivity contribution in [3.63, 3.8) is 0 Å². The predicted molar refractivity (Wildman–Crippen MR) is 73.3 cm³/mol. The lowest BCUT2D eigenvalue weighted by Gasteiger charge is -2.25. The Morgan fingerprint density at radius 3 is 2.59 bits per heavy atom. The number of rotatable bonds is 7. The van der Waals surface area contributed by atoms with Crippen molar-refractivity contribution in [1.82, 2.24) is 5.32 Å². The van der Waals surface area contributed by atoms with Gasteiger partial charge in [-0.3, -0.25) is 0 Å². The van der Waals surface area contributed by atoms with Crippen LogP contribution in [0.25, 0.3) is 0 Å². The van der Waals surface area contributed by atoms with Gasteiger partial charge in [0.25, 0.3) is 0 Å². The van der Waals surface area contributed by atoms with Gasteiger partial charge in [0.1, 0.15) is 0 Å². The zero-order valence-electron chi connectivity index (χ0n) is 11.5. The molecule has 0 heterocycles. The summed E-state index contributed by atoms with van der Waals surface area (Å²) in [4.78, 5) is 0. The van der Waals surface area contributed by atoms with Crippen molar-refractivity contribution in [1.29, 1.82) is 0 Å². The zero-order valence-corrected chi connectivity index (χ0v) is 11.5. The summed E-state index contributed by atoms with van der Waals surface area (Å²) in [5, 5.41) is 3.51. The van der Waals surface area contributed by atoms with Crippen molar-refractivity contribution in [3.05, 3.63) is 35.4 Å². The van der Waals surface area contributed by atoms with Crippen LogP contribution >= 0.6 is 0 Å². The quantitative estimate of drug-likeness (QED) is 0.782. The number of nitrogens with one attached hydrogen (secondary N) is 1. The molecule has 0 saturated carbocycles.